The summed E-state index contributed by atoms with van der Waals surface area (Å²) in [4.78, 5) is 4.55. The number of halogens is 1. The molecule has 134 valence electrons. The molecule has 1 aliphatic heterocycles. The molecule has 1 unspecified atom stereocenters. The first-order valence-electron chi connectivity index (χ1n) is 8.82. The number of nitriles is 1. The Kier molecular flexibility index (Phi) is 3.71. The van der Waals surface area contributed by atoms with Gasteiger partial charge in [0.05, 0.1) is 11.4 Å². The summed E-state index contributed by atoms with van der Waals surface area (Å²) in [6.07, 6.45) is 0. The third kappa shape index (κ3) is 2.41. The zero-order valence-corrected chi connectivity index (χ0v) is 15.4. The van der Waals surface area contributed by atoms with Crippen molar-refractivity contribution >= 4 is 33.3 Å². The first-order valence-corrected chi connectivity index (χ1v) is 9.19. The summed E-state index contributed by atoms with van der Waals surface area (Å²) >= 11 is 6.60. The minimum Gasteiger partial charge on any atom is -0.440 e. The third-order valence-electron chi connectivity index (χ3n) is 5.13. The number of hydrogen-bond donors (Lipinski definition) is 1. The zero-order chi connectivity index (χ0) is 19.3. The van der Waals surface area contributed by atoms with Gasteiger partial charge in [-0.2, -0.15) is 5.26 Å². The first-order chi connectivity index (χ1) is 13.7. The summed E-state index contributed by atoms with van der Waals surface area (Å²) in [7, 11) is 0. The summed E-state index contributed by atoms with van der Waals surface area (Å²) < 4.78 is 5.79. The Morgan fingerprint density at radius 2 is 1.75 bits per heavy atom. The molecule has 28 heavy (non-hydrogen) atoms. The van der Waals surface area contributed by atoms with Crippen LogP contribution in [0.2, 0.25) is 5.15 Å². The number of allylic oxidation sites excluding steroid dienone is 1. The highest BCUT2D eigenvalue weighted by Gasteiger charge is 2.34. The van der Waals surface area contributed by atoms with Gasteiger partial charge in [0.15, 0.2) is 0 Å². The van der Waals surface area contributed by atoms with Gasteiger partial charge in [0.25, 0.3) is 0 Å². The highest BCUT2D eigenvalue weighted by molar-refractivity contribution is 6.30. The summed E-state index contributed by atoms with van der Waals surface area (Å²) in [6, 6.07) is 23.8. The molecule has 3 aromatic carbocycles. The summed E-state index contributed by atoms with van der Waals surface area (Å²) in [5.41, 5.74) is 8.86. The van der Waals surface area contributed by atoms with Crippen LogP contribution in [0.25, 0.3) is 21.7 Å². The molecule has 0 saturated heterocycles. The summed E-state index contributed by atoms with van der Waals surface area (Å²) in [6.45, 7) is 0. The van der Waals surface area contributed by atoms with Gasteiger partial charge in [0.2, 0.25) is 5.88 Å². The van der Waals surface area contributed by atoms with Crippen molar-refractivity contribution in [3.8, 4) is 11.8 Å². The topological polar surface area (TPSA) is 71.9 Å². The molecule has 0 aliphatic carbocycles. The van der Waals surface area contributed by atoms with Crippen molar-refractivity contribution in [1.82, 2.24) is 4.98 Å². The summed E-state index contributed by atoms with van der Waals surface area (Å²) in [5, 5.41) is 13.2. The maximum Gasteiger partial charge on any atom is 0.205 e. The Balaban J connectivity index is 1.87. The van der Waals surface area contributed by atoms with Crippen molar-refractivity contribution in [2.24, 2.45) is 5.73 Å². The number of pyridine rings is 1. The smallest absolute Gasteiger partial charge is 0.205 e. The number of ether oxygens (including phenoxy) is 1. The van der Waals surface area contributed by atoms with Crippen molar-refractivity contribution in [2.75, 3.05) is 0 Å². The SMILES string of the molecule is N#CC1=C(N)Oc2ccc3ccccc3c2C1c1cc2ccccc2nc1Cl. The van der Waals surface area contributed by atoms with E-state index in [0.717, 1.165) is 32.8 Å². The van der Waals surface area contributed by atoms with Crippen LogP contribution in [0.3, 0.4) is 0 Å². The van der Waals surface area contributed by atoms with Crippen LogP contribution in [0, 0.1) is 11.3 Å². The Hall–Kier alpha value is -3.55. The molecule has 2 N–H and O–H groups in total. The zero-order valence-electron chi connectivity index (χ0n) is 14.7. The average molecular weight is 384 g/mol. The first kappa shape index (κ1) is 16.6. The quantitative estimate of drug-likeness (QED) is 0.455. The van der Waals surface area contributed by atoms with Crippen molar-refractivity contribution in [3.05, 3.63) is 94.5 Å². The van der Waals surface area contributed by atoms with Gasteiger partial charge >= 0.3 is 0 Å². The van der Waals surface area contributed by atoms with Crippen LogP contribution in [-0.2, 0) is 0 Å². The number of nitrogens with two attached hydrogens (primary N) is 1. The molecule has 0 bridgehead atoms. The molecule has 4 aromatic rings. The molecular formula is C23H14ClN3O. The van der Waals surface area contributed by atoms with E-state index >= 15 is 0 Å². The number of nitrogens with zero attached hydrogens (tertiary/aromatic N) is 2. The maximum atomic E-state index is 9.86. The van der Waals surface area contributed by atoms with Gasteiger partial charge in [-0.15, -0.1) is 0 Å². The predicted molar refractivity (Wildman–Crippen MR) is 110 cm³/mol. The van der Waals surface area contributed by atoms with Gasteiger partial charge in [-0.05, 0) is 29.0 Å². The molecule has 1 aromatic heterocycles. The lowest BCUT2D eigenvalue weighted by molar-refractivity contribution is 0.395. The Morgan fingerprint density at radius 3 is 2.57 bits per heavy atom. The number of aromatic nitrogens is 1. The normalized spacial score (nSPS) is 15.9. The fourth-order valence-corrected chi connectivity index (χ4v) is 4.12. The predicted octanol–water partition coefficient (Wildman–Crippen LogP) is 5.26. The molecule has 0 saturated carbocycles. The lowest BCUT2D eigenvalue weighted by Gasteiger charge is -2.28. The molecule has 1 aliphatic rings. The number of rotatable bonds is 1. The summed E-state index contributed by atoms with van der Waals surface area (Å²) in [5.74, 6) is 0.272. The largest absolute Gasteiger partial charge is 0.440 e. The molecule has 0 radical (unpaired) electrons. The number of para-hydroxylation sites is 1. The van der Waals surface area contributed by atoms with Crippen molar-refractivity contribution in [1.29, 1.82) is 5.26 Å². The van der Waals surface area contributed by atoms with Gasteiger partial charge < -0.3 is 10.5 Å². The van der Waals surface area contributed by atoms with E-state index in [1.807, 2.05) is 66.7 Å². The highest BCUT2D eigenvalue weighted by Crippen LogP contribution is 2.47. The van der Waals surface area contributed by atoms with Crippen LogP contribution >= 0.6 is 11.6 Å². The van der Waals surface area contributed by atoms with Crippen LogP contribution in [-0.4, -0.2) is 4.98 Å². The van der Waals surface area contributed by atoms with E-state index in [9.17, 15) is 5.26 Å². The fourth-order valence-electron chi connectivity index (χ4n) is 3.86. The second-order valence-electron chi connectivity index (χ2n) is 6.68. The minimum atomic E-state index is -0.454. The van der Waals surface area contributed by atoms with Crippen LogP contribution in [0.5, 0.6) is 5.75 Å². The van der Waals surface area contributed by atoms with Crippen LogP contribution in [0.15, 0.2) is 78.2 Å². The molecule has 5 rings (SSSR count). The number of fused-ring (bicyclic) bond motifs is 4. The van der Waals surface area contributed by atoms with Crippen LogP contribution in [0.1, 0.15) is 17.0 Å². The second kappa shape index (κ2) is 6.26. The molecule has 0 amide bonds. The van der Waals surface area contributed by atoms with Crippen LogP contribution < -0.4 is 10.5 Å². The van der Waals surface area contributed by atoms with E-state index in [4.69, 9.17) is 22.1 Å². The van der Waals surface area contributed by atoms with E-state index in [1.54, 1.807) is 0 Å². The van der Waals surface area contributed by atoms with E-state index in [2.05, 4.69) is 11.1 Å². The van der Waals surface area contributed by atoms with Crippen molar-refractivity contribution in [3.63, 3.8) is 0 Å². The molecule has 1 atom stereocenters. The Bertz CT molecular complexity index is 1340. The third-order valence-corrected chi connectivity index (χ3v) is 5.43. The monoisotopic (exact) mass is 383 g/mol. The average Bonchev–Trinajstić information content (AvgIpc) is 2.72. The maximum absolute atomic E-state index is 9.86. The van der Waals surface area contributed by atoms with Gasteiger partial charge in [-0.3, -0.25) is 0 Å². The van der Waals surface area contributed by atoms with Gasteiger partial charge in [-0.25, -0.2) is 4.98 Å². The molecule has 4 nitrogen and oxygen atoms in total. The molecular weight excluding hydrogens is 370 g/mol. The van der Waals surface area contributed by atoms with E-state index in [1.165, 1.54) is 0 Å². The molecule has 5 heteroatoms. The highest BCUT2D eigenvalue weighted by atomic mass is 35.5. The lowest BCUT2D eigenvalue weighted by Crippen LogP contribution is -2.21. The Morgan fingerprint density at radius 1 is 1.00 bits per heavy atom. The number of benzene rings is 3. The van der Waals surface area contributed by atoms with E-state index < -0.39 is 5.92 Å². The number of hydrogen-bond acceptors (Lipinski definition) is 4. The second-order valence-corrected chi connectivity index (χ2v) is 7.04. The van der Waals surface area contributed by atoms with Gasteiger partial charge in [0.1, 0.15) is 22.5 Å². The lowest BCUT2D eigenvalue weighted by atomic mass is 9.81. The van der Waals surface area contributed by atoms with Gasteiger partial charge in [0, 0.05) is 16.5 Å². The van der Waals surface area contributed by atoms with E-state index in [0.29, 0.717) is 16.5 Å². The minimum absolute atomic E-state index is 0.0968. The molecule has 2 heterocycles. The standard InChI is InChI=1S/C23H14ClN3O/c24-22-16(11-14-6-2-4-8-18(14)27-22)20-17(12-25)23(26)28-19-10-9-13-5-1-3-7-15(13)21(19)20/h1-11,20H,26H2. The van der Waals surface area contributed by atoms with Crippen LogP contribution in [0.4, 0.5) is 0 Å². The Labute approximate surface area is 166 Å². The van der Waals surface area contributed by atoms with Crippen molar-refractivity contribution in [2.45, 2.75) is 5.92 Å². The van der Waals surface area contributed by atoms with Crippen molar-refractivity contribution < 1.29 is 4.74 Å². The molecule has 0 spiro atoms. The van der Waals surface area contributed by atoms with E-state index in [-0.39, 0.29) is 5.88 Å². The fraction of sp³-hybridized carbons (Fsp3) is 0.0435. The van der Waals surface area contributed by atoms with Gasteiger partial charge in [-0.1, -0.05) is 60.1 Å². The molecule has 0 fully saturated rings.